The van der Waals surface area contributed by atoms with E-state index in [9.17, 15) is 4.79 Å². The summed E-state index contributed by atoms with van der Waals surface area (Å²) in [6.45, 7) is 0. The average molecular weight is 434 g/mol. The van der Waals surface area contributed by atoms with Gasteiger partial charge in [0, 0.05) is 26.7 Å². The molecule has 5 nitrogen and oxygen atoms in total. The highest BCUT2D eigenvalue weighted by molar-refractivity contribution is 7.21. The maximum absolute atomic E-state index is 12.3. The van der Waals surface area contributed by atoms with Crippen molar-refractivity contribution in [2.24, 2.45) is 4.99 Å². The number of hydrogen-bond acceptors (Lipinski definition) is 6. The molecule has 0 amide bonds. The Morgan fingerprint density at radius 2 is 1.93 bits per heavy atom. The van der Waals surface area contributed by atoms with Crippen LogP contribution in [0.2, 0.25) is 10.0 Å². The van der Waals surface area contributed by atoms with E-state index in [1.807, 2.05) is 12.1 Å². The van der Waals surface area contributed by atoms with Gasteiger partial charge in [-0.15, -0.1) is 11.3 Å². The molecule has 0 saturated carbocycles. The topological polar surface area (TPSA) is 57.1 Å². The van der Waals surface area contributed by atoms with Gasteiger partial charge in [-0.05, 0) is 30.3 Å². The highest BCUT2D eigenvalue weighted by Crippen LogP contribution is 2.38. The van der Waals surface area contributed by atoms with Crippen LogP contribution in [-0.2, 0) is 9.53 Å². The summed E-state index contributed by atoms with van der Waals surface area (Å²) in [5.74, 6) is 0.816. The van der Waals surface area contributed by atoms with Crippen molar-refractivity contribution in [1.29, 1.82) is 0 Å². The zero-order valence-electron chi connectivity index (χ0n) is 14.8. The van der Waals surface area contributed by atoms with Gasteiger partial charge in [0.2, 0.25) is 5.90 Å². The van der Waals surface area contributed by atoms with Gasteiger partial charge in [0.1, 0.15) is 16.4 Å². The molecule has 4 rings (SSSR count). The Kier molecular flexibility index (Phi) is 5.02. The average Bonchev–Trinajstić information content (AvgIpc) is 3.21. The number of hydrogen-bond donors (Lipinski definition) is 0. The van der Waals surface area contributed by atoms with Crippen LogP contribution in [0, 0.1) is 0 Å². The van der Waals surface area contributed by atoms with Crippen LogP contribution in [0.5, 0.6) is 11.5 Å². The number of ether oxygens (including phenoxy) is 3. The first-order chi connectivity index (χ1) is 13.5. The van der Waals surface area contributed by atoms with Gasteiger partial charge in [-0.1, -0.05) is 29.3 Å². The molecule has 0 saturated heterocycles. The lowest BCUT2D eigenvalue weighted by Gasteiger charge is -2.07. The van der Waals surface area contributed by atoms with Crippen LogP contribution < -0.4 is 9.47 Å². The Hall–Kier alpha value is -2.54. The van der Waals surface area contributed by atoms with E-state index < -0.39 is 5.97 Å². The van der Waals surface area contributed by atoms with Crippen molar-refractivity contribution in [3.63, 3.8) is 0 Å². The fraction of sp³-hybridized carbons (Fsp3) is 0.100. The standard InChI is InChI=1S/C20H13Cl2NO4S/c1-25-12-5-3-10(15(9-12)26-2)7-14-20(24)27-19(23-14)18-17(22)13-6-4-11(21)8-16(13)28-18/h3-9H,1-2H3/b14-7+. The van der Waals surface area contributed by atoms with Crippen molar-refractivity contribution in [2.75, 3.05) is 14.2 Å². The number of cyclic esters (lactones) is 1. The summed E-state index contributed by atoms with van der Waals surface area (Å²) in [5, 5.41) is 1.92. The molecule has 0 unspecified atom stereocenters. The van der Waals surface area contributed by atoms with E-state index in [1.54, 1.807) is 44.6 Å². The second-order valence-corrected chi connectivity index (χ2v) is 7.70. The van der Waals surface area contributed by atoms with E-state index in [0.717, 1.165) is 10.1 Å². The molecule has 0 bridgehead atoms. The molecule has 3 aromatic rings. The molecule has 1 aromatic heterocycles. The number of carbonyl (C=O) groups is 1. The predicted octanol–water partition coefficient (Wildman–Crippen LogP) is 5.57. The van der Waals surface area contributed by atoms with Crippen LogP contribution in [0.15, 0.2) is 47.1 Å². The Labute approximate surface area is 174 Å². The molecular weight excluding hydrogens is 421 g/mol. The van der Waals surface area contributed by atoms with Crippen LogP contribution in [0.4, 0.5) is 0 Å². The molecule has 28 heavy (non-hydrogen) atoms. The summed E-state index contributed by atoms with van der Waals surface area (Å²) in [4.78, 5) is 17.3. The van der Waals surface area contributed by atoms with E-state index >= 15 is 0 Å². The smallest absolute Gasteiger partial charge is 0.363 e. The minimum absolute atomic E-state index is 0.157. The summed E-state index contributed by atoms with van der Waals surface area (Å²) >= 11 is 13.9. The first-order valence-electron chi connectivity index (χ1n) is 8.12. The third kappa shape index (κ3) is 3.35. The van der Waals surface area contributed by atoms with E-state index in [1.165, 1.54) is 11.3 Å². The van der Waals surface area contributed by atoms with Crippen molar-refractivity contribution in [3.05, 3.63) is 62.6 Å². The first-order valence-corrected chi connectivity index (χ1v) is 9.70. The van der Waals surface area contributed by atoms with Crippen LogP contribution in [-0.4, -0.2) is 26.1 Å². The number of aliphatic imine (C=N–C) groups is 1. The van der Waals surface area contributed by atoms with Gasteiger partial charge in [-0.3, -0.25) is 0 Å². The van der Waals surface area contributed by atoms with E-state index in [2.05, 4.69) is 4.99 Å². The van der Waals surface area contributed by atoms with Crippen LogP contribution >= 0.6 is 34.5 Å². The zero-order chi connectivity index (χ0) is 19.8. The Balaban J connectivity index is 1.75. The van der Waals surface area contributed by atoms with Crippen LogP contribution in [0.25, 0.3) is 16.2 Å². The van der Waals surface area contributed by atoms with Crippen molar-refractivity contribution in [3.8, 4) is 11.5 Å². The van der Waals surface area contributed by atoms with Gasteiger partial charge >= 0.3 is 5.97 Å². The number of rotatable bonds is 4. The number of nitrogens with zero attached hydrogens (tertiary/aromatic N) is 1. The fourth-order valence-electron chi connectivity index (χ4n) is 2.77. The maximum atomic E-state index is 12.3. The summed E-state index contributed by atoms with van der Waals surface area (Å²) < 4.78 is 16.8. The summed E-state index contributed by atoms with van der Waals surface area (Å²) in [6, 6.07) is 10.7. The maximum Gasteiger partial charge on any atom is 0.363 e. The fourth-order valence-corrected chi connectivity index (χ4v) is 4.48. The highest BCUT2D eigenvalue weighted by Gasteiger charge is 2.28. The molecule has 0 aliphatic carbocycles. The van der Waals surface area contributed by atoms with Crippen molar-refractivity contribution < 1.29 is 19.0 Å². The molecule has 0 fully saturated rings. The molecular formula is C20H13Cl2NO4S. The monoisotopic (exact) mass is 433 g/mol. The van der Waals surface area contributed by atoms with E-state index in [-0.39, 0.29) is 11.6 Å². The zero-order valence-corrected chi connectivity index (χ0v) is 17.1. The van der Waals surface area contributed by atoms with E-state index in [0.29, 0.717) is 32.0 Å². The number of methoxy groups -OCH3 is 2. The van der Waals surface area contributed by atoms with Gasteiger partial charge in [0.05, 0.1) is 19.2 Å². The molecule has 1 aliphatic rings. The highest BCUT2D eigenvalue weighted by atomic mass is 35.5. The van der Waals surface area contributed by atoms with Crippen LogP contribution in [0.3, 0.4) is 0 Å². The third-order valence-electron chi connectivity index (χ3n) is 4.14. The van der Waals surface area contributed by atoms with Crippen LogP contribution in [0.1, 0.15) is 10.4 Å². The van der Waals surface area contributed by atoms with E-state index in [4.69, 9.17) is 37.4 Å². The normalized spacial score (nSPS) is 15.1. The third-order valence-corrected chi connectivity index (χ3v) is 6.02. The minimum atomic E-state index is -0.556. The Morgan fingerprint density at radius 1 is 1.11 bits per heavy atom. The number of benzene rings is 2. The lowest BCUT2D eigenvalue weighted by Crippen LogP contribution is -2.04. The summed E-state index contributed by atoms with van der Waals surface area (Å²) in [6.07, 6.45) is 1.60. The van der Waals surface area contributed by atoms with Gasteiger partial charge < -0.3 is 14.2 Å². The molecule has 0 radical (unpaired) electrons. The summed E-state index contributed by atoms with van der Waals surface area (Å²) in [7, 11) is 3.11. The summed E-state index contributed by atoms with van der Waals surface area (Å²) in [5.41, 5.74) is 0.833. The molecule has 2 aromatic carbocycles. The number of carbonyl (C=O) groups excluding carboxylic acids is 1. The lowest BCUT2D eigenvalue weighted by molar-refractivity contribution is -0.129. The minimum Gasteiger partial charge on any atom is -0.497 e. The molecule has 0 spiro atoms. The quantitative estimate of drug-likeness (QED) is 0.398. The first kappa shape index (κ1) is 18.8. The molecule has 0 N–H and O–H groups in total. The molecule has 2 heterocycles. The lowest BCUT2D eigenvalue weighted by atomic mass is 10.1. The second-order valence-electron chi connectivity index (χ2n) is 5.83. The molecule has 1 aliphatic heterocycles. The number of fused-ring (bicyclic) bond motifs is 1. The number of thiophene rings is 1. The van der Waals surface area contributed by atoms with Crippen molar-refractivity contribution >= 4 is 62.6 Å². The largest absolute Gasteiger partial charge is 0.497 e. The van der Waals surface area contributed by atoms with Gasteiger partial charge in [-0.2, -0.15) is 0 Å². The predicted molar refractivity (Wildman–Crippen MR) is 112 cm³/mol. The molecule has 0 atom stereocenters. The SMILES string of the molecule is COc1ccc(/C=C2/N=C(c3sc4cc(Cl)ccc4c3Cl)OC2=O)c(OC)c1. The van der Waals surface area contributed by atoms with Gasteiger partial charge in [-0.25, -0.2) is 9.79 Å². The Morgan fingerprint density at radius 3 is 2.68 bits per heavy atom. The number of halogens is 2. The number of esters is 1. The Bertz CT molecular complexity index is 1170. The molecule has 142 valence electrons. The van der Waals surface area contributed by atoms with Gasteiger partial charge in [0.25, 0.3) is 0 Å². The second kappa shape index (κ2) is 7.47. The van der Waals surface area contributed by atoms with Gasteiger partial charge in [0.15, 0.2) is 5.70 Å². The van der Waals surface area contributed by atoms with Crippen molar-refractivity contribution in [1.82, 2.24) is 0 Å². The molecule has 8 heteroatoms. The van der Waals surface area contributed by atoms with Crippen molar-refractivity contribution in [2.45, 2.75) is 0 Å².